The Labute approximate surface area is 273 Å². The summed E-state index contributed by atoms with van der Waals surface area (Å²) in [7, 11) is 0. The van der Waals surface area contributed by atoms with Crippen LogP contribution < -0.4 is 20.7 Å². The van der Waals surface area contributed by atoms with Crippen molar-refractivity contribution in [1.29, 1.82) is 0 Å². The van der Waals surface area contributed by atoms with Crippen LogP contribution in [0.3, 0.4) is 0 Å². The number of anilines is 2. The zero-order valence-electron chi connectivity index (χ0n) is 25.3. The zero-order valence-corrected chi connectivity index (χ0v) is 26.1. The molecule has 0 saturated carbocycles. The SMILES string of the molecule is Nc1nc(O[C@H](c2ccc(Cl)cc2-c2cccc(C(=O)N3CCOCC3)c2)C(F)(F)F)cc(N2CCC3(CC2)CN[C@H](C(=O)O)C3)n1. The van der Waals surface area contributed by atoms with E-state index in [4.69, 9.17) is 26.8 Å². The third-order valence-electron chi connectivity index (χ3n) is 9.07. The average Bonchev–Trinajstić information content (AvgIpc) is 3.47. The molecule has 0 aliphatic carbocycles. The van der Waals surface area contributed by atoms with Crippen molar-refractivity contribution in [2.24, 2.45) is 5.41 Å². The molecule has 1 amide bonds. The van der Waals surface area contributed by atoms with Gasteiger partial charge in [-0.25, -0.2) is 0 Å². The van der Waals surface area contributed by atoms with E-state index in [1.165, 1.54) is 24.3 Å². The molecule has 3 aliphatic heterocycles. The predicted molar refractivity (Wildman–Crippen MR) is 167 cm³/mol. The number of carbonyl (C=O) groups is 2. The third kappa shape index (κ3) is 7.24. The number of carboxylic acids is 1. The molecule has 2 aromatic carbocycles. The van der Waals surface area contributed by atoms with Crippen molar-refractivity contribution in [3.63, 3.8) is 0 Å². The van der Waals surface area contributed by atoms with Crippen LogP contribution in [0.25, 0.3) is 11.1 Å². The Hall–Kier alpha value is -4.14. The molecule has 250 valence electrons. The summed E-state index contributed by atoms with van der Waals surface area (Å²) in [5, 5.41) is 12.7. The summed E-state index contributed by atoms with van der Waals surface area (Å²) >= 11 is 6.28. The highest BCUT2D eigenvalue weighted by Gasteiger charge is 2.46. The number of nitrogens with one attached hydrogen (secondary N) is 1. The Balaban J connectivity index is 1.26. The topological polar surface area (TPSA) is 143 Å². The average molecular weight is 675 g/mol. The Morgan fingerprint density at radius 3 is 2.51 bits per heavy atom. The van der Waals surface area contributed by atoms with Crippen molar-refractivity contribution < 1.29 is 37.3 Å². The largest absolute Gasteiger partial charge is 0.480 e. The maximum Gasteiger partial charge on any atom is 0.429 e. The number of nitrogens with two attached hydrogens (primary N) is 1. The molecule has 6 rings (SSSR count). The van der Waals surface area contributed by atoms with Crippen LogP contribution in [0.4, 0.5) is 24.9 Å². The van der Waals surface area contributed by atoms with Gasteiger partial charge in [-0.3, -0.25) is 9.59 Å². The monoisotopic (exact) mass is 674 g/mol. The van der Waals surface area contributed by atoms with E-state index in [9.17, 15) is 27.9 Å². The quantitative estimate of drug-likeness (QED) is 0.326. The van der Waals surface area contributed by atoms with Gasteiger partial charge in [-0.2, -0.15) is 23.1 Å². The van der Waals surface area contributed by atoms with Crippen LogP contribution in [0.15, 0.2) is 48.5 Å². The Morgan fingerprint density at radius 2 is 1.83 bits per heavy atom. The molecule has 11 nitrogen and oxygen atoms in total. The minimum Gasteiger partial charge on any atom is -0.480 e. The number of alkyl halides is 3. The number of hydrogen-bond donors (Lipinski definition) is 3. The van der Waals surface area contributed by atoms with E-state index < -0.39 is 24.3 Å². The van der Waals surface area contributed by atoms with E-state index in [2.05, 4.69) is 15.3 Å². The lowest BCUT2D eigenvalue weighted by Crippen LogP contribution is -2.41. The zero-order chi connectivity index (χ0) is 33.3. The van der Waals surface area contributed by atoms with Crippen LogP contribution in [0.1, 0.15) is 41.3 Å². The van der Waals surface area contributed by atoms with Gasteiger partial charge in [0.2, 0.25) is 17.9 Å². The number of benzene rings is 2. The van der Waals surface area contributed by atoms with Gasteiger partial charge in [0.25, 0.3) is 5.91 Å². The van der Waals surface area contributed by atoms with E-state index in [0.717, 1.165) is 0 Å². The Kier molecular flexibility index (Phi) is 9.18. The molecule has 3 aromatic rings. The summed E-state index contributed by atoms with van der Waals surface area (Å²) in [5.41, 5.74) is 6.38. The number of carboxylic acid groups (broad SMARTS) is 1. The highest BCUT2D eigenvalue weighted by Crippen LogP contribution is 2.43. The number of hydrogen-bond acceptors (Lipinski definition) is 9. The smallest absolute Gasteiger partial charge is 0.429 e. The number of piperidine rings is 1. The van der Waals surface area contributed by atoms with E-state index in [1.807, 2.05) is 4.90 Å². The van der Waals surface area contributed by atoms with Crippen molar-refractivity contribution in [3.8, 4) is 17.0 Å². The second-order valence-electron chi connectivity index (χ2n) is 12.1. The summed E-state index contributed by atoms with van der Waals surface area (Å²) < 4.78 is 55.3. The fourth-order valence-corrected chi connectivity index (χ4v) is 6.71. The first-order chi connectivity index (χ1) is 22.4. The molecule has 4 N–H and O–H groups in total. The van der Waals surface area contributed by atoms with E-state index >= 15 is 0 Å². The fourth-order valence-electron chi connectivity index (χ4n) is 6.54. The van der Waals surface area contributed by atoms with Crippen molar-refractivity contribution >= 4 is 35.2 Å². The van der Waals surface area contributed by atoms with E-state index in [1.54, 1.807) is 29.2 Å². The van der Waals surface area contributed by atoms with Crippen LogP contribution in [0.5, 0.6) is 5.88 Å². The number of aromatic nitrogens is 2. The van der Waals surface area contributed by atoms with E-state index in [-0.39, 0.29) is 39.3 Å². The number of nitrogens with zero attached hydrogens (tertiary/aromatic N) is 4. The minimum atomic E-state index is -4.88. The number of aliphatic carboxylic acids is 1. The number of morpholine rings is 1. The van der Waals surface area contributed by atoms with Gasteiger partial charge in [-0.05, 0) is 60.1 Å². The molecular weight excluding hydrogens is 641 g/mol. The molecule has 3 fully saturated rings. The van der Waals surface area contributed by atoms with Crippen molar-refractivity contribution in [2.75, 3.05) is 56.6 Å². The molecular formula is C32H34ClF3N6O5. The molecule has 15 heteroatoms. The van der Waals surface area contributed by atoms with Gasteiger partial charge in [0.1, 0.15) is 11.9 Å². The molecule has 4 heterocycles. The first kappa shape index (κ1) is 32.8. The summed E-state index contributed by atoms with van der Waals surface area (Å²) in [6, 6.07) is 11.1. The summed E-state index contributed by atoms with van der Waals surface area (Å²) in [6.07, 6.45) is -5.47. The maximum absolute atomic E-state index is 14.8. The molecule has 47 heavy (non-hydrogen) atoms. The van der Waals surface area contributed by atoms with Gasteiger partial charge < -0.3 is 35.4 Å². The van der Waals surface area contributed by atoms with Gasteiger partial charge in [0, 0.05) is 54.9 Å². The second-order valence-corrected chi connectivity index (χ2v) is 12.6. The number of amides is 1. The second kappa shape index (κ2) is 13.2. The standard InChI is InChI=1S/C32H34ClF3N6O5/c33-21-4-5-22(23(15-21)19-2-1-3-20(14-19)28(43)42-10-12-46-13-11-42)27(32(34,35)36)47-26-16-25(39-30(37)40-26)41-8-6-31(7-9-41)17-24(29(44)45)38-18-31/h1-5,14-16,24,27,38H,6-13,17-18H2,(H,44,45)(H2,37,39,40)/t24-,27+/m0/s1. The first-order valence-corrected chi connectivity index (χ1v) is 15.6. The number of rotatable bonds is 7. The van der Waals surface area contributed by atoms with Crippen LogP contribution in [0, 0.1) is 5.41 Å². The van der Waals surface area contributed by atoms with Gasteiger partial charge in [0.05, 0.1) is 13.2 Å². The van der Waals surface area contributed by atoms with Crippen molar-refractivity contribution in [1.82, 2.24) is 20.2 Å². The molecule has 0 unspecified atom stereocenters. The number of carbonyl (C=O) groups excluding carboxylic acids is 1. The molecule has 0 radical (unpaired) electrons. The van der Waals surface area contributed by atoms with E-state index in [0.29, 0.717) is 82.1 Å². The molecule has 1 aromatic heterocycles. The van der Waals surface area contributed by atoms with Crippen molar-refractivity contribution in [3.05, 3.63) is 64.7 Å². The Morgan fingerprint density at radius 1 is 1.09 bits per heavy atom. The number of nitrogen functional groups attached to an aromatic ring is 1. The van der Waals surface area contributed by atoms with Gasteiger partial charge in [-0.15, -0.1) is 0 Å². The molecule has 3 aliphatic rings. The van der Waals surface area contributed by atoms with Crippen LogP contribution >= 0.6 is 11.6 Å². The normalized spacial score (nSPS) is 20.3. The summed E-state index contributed by atoms with van der Waals surface area (Å²) in [6.45, 7) is 3.25. The highest BCUT2D eigenvalue weighted by atomic mass is 35.5. The highest BCUT2D eigenvalue weighted by molar-refractivity contribution is 6.30. The first-order valence-electron chi connectivity index (χ1n) is 15.3. The summed E-state index contributed by atoms with van der Waals surface area (Å²) in [5.74, 6) is -1.43. The van der Waals surface area contributed by atoms with Gasteiger partial charge in [-0.1, -0.05) is 29.8 Å². The molecule has 0 bridgehead atoms. The summed E-state index contributed by atoms with van der Waals surface area (Å²) in [4.78, 5) is 36.4. The predicted octanol–water partition coefficient (Wildman–Crippen LogP) is 4.57. The fraction of sp³-hybridized carbons (Fsp3) is 0.438. The minimum absolute atomic E-state index is 0.143. The van der Waals surface area contributed by atoms with Gasteiger partial charge >= 0.3 is 12.1 Å². The van der Waals surface area contributed by atoms with Crippen LogP contribution in [-0.2, 0) is 9.53 Å². The number of ether oxygens (including phenoxy) is 2. The van der Waals surface area contributed by atoms with Crippen molar-refractivity contribution in [2.45, 2.75) is 37.6 Å². The molecule has 2 atom stereocenters. The molecule has 3 saturated heterocycles. The molecule has 1 spiro atoms. The van der Waals surface area contributed by atoms with Crippen LogP contribution in [-0.4, -0.2) is 90.0 Å². The lowest BCUT2D eigenvalue weighted by atomic mass is 9.76. The lowest BCUT2D eigenvalue weighted by molar-refractivity contribution is -0.198. The van der Waals surface area contributed by atoms with Crippen LogP contribution in [0.2, 0.25) is 5.02 Å². The third-order valence-corrected chi connectivity index (χ3v) is 9.30. The van der Waals surface area contributed by atoms with Gasteiger partial charge in [0.15, 0.2) is 0 Å². The Bertz CT molecular complexity index is 1650. The maximum atomic E-state index is 14.8. The lowest BCUT2D eigenvalue weighted by Gasteiger charge is -2.39. The number of halogens is 4.